The number of rotatable bonds is 13. The Morgan fingerprint density at radius 3 is 1.69 bits per heavy atom. The van der Waals surface area contributed by atoms with Crippen LogP contribution in [0.1, 0.15) is 101 Å². The van der Waals surface area contributed by atoms with Gasteiger partial charge >= 0.3 is 11.9 Å². The fourth-order valence-electron chi connectivity index (χ4n) is 5.73. The van der Waals surface area contributed by atoms with Crippen LogP contribution in [-0.2, 0) is 36.3 Å². The van der Waals surface area contributed by atoms with Crippen molar-refractivity contribution >= 4 is 11.9 Å². The molecule has 0 saturated carbocycles. The number of hydrogen-bond acceptors (Lipinski definition) is 9. The first-order chi connectivity index (χ1) is 22.7. The minimum Gasteiger partial charge on any atom is -0.466 e. The molecule has 48 heavy (non-hydrogen) atoms. The number of carbonyl (C=O) groups is 2. The molecule has 0 aliphatic heterocycles. The first kappa shape index (κ1) is 36.4. The summed E-state index contributed by atoms with van der Waals surface area (Å²) in [6.07, 6.45) is 9.66. The third-order valence-corrected chi connectivity index (χ3v) is 8.47. The van der Waals surface area contributed by atoms with E-state index in [1.165, 1.54) is 6.33 Å². The van der Waals surface area contributed by atoms with Crippen LogP contribution in [0.4, 0.5) is 0 Å². The number of esters is 2. The van der Waals surface area contributed by atoms with Crippen molar-refractivity contribution in [2.45, 2.75) is 90.6 Å². The maximum absolute atomic E-state index is 12.3. The summed E-state index contributed by atoms with van der Waals surface area (Å²) in [5, 5.41) is 0. The molecule has 0 spiro atoms. The molecule has 0 unspecified atom stereocenters. The SMILES string of the molecule is CCOC(=O)C[C@H](N)c1cc(-c2cncc(CC(C)(C)c3cc(-c4cncnc4)cc([C@@H](N)CC(=O)OCC)c3)c2)cc(C(C)(C)C)c1. The molecule has 0 amide bonds. The highest BCUT2D eigenvalue weighted by Crippen LogP contribution is 2.36. The van der Waals surface area contributed by atoms with Gasteiger partial charge in [-0.3, -0.25) is 14.6 Å². The van der Waals surface area contributed by atoms with E-state index in [1.54, 1.807) is 26.2 Å². The number of hydrogen-bond donors (Lipinski definition) is 2. The average molecular weight is 652 g/mol. The zero-order valence-electron chi connectivity index (χ0n) is 29.2. The Hall–Kier alpha value is -4.47. The van der Waals surface area contributed by atoms with Gasteiger partial charge in [-0.2, -0.15) is 0 Å². The molecule has 0 saturated heterocycles. The minimum atomic E-state index is -0.535. The molecule has 9 heteroatoms. The van der Waals surface area contributed by atoms with E-state index >= 15 is 0 Å². The molecule has 0 fully saturated rings. The Morgan fingerprint density at radius 1 is 0.646 bits per heavy atom. The van der Waals surface area contributed by atoms with Crippen LogP contribution in [0, 0.1) is 0 Å². The van der Waals surface area contributed by atoms with E-state index in [0.29, 0.717) is 19.6 Å². The lowest BCUT2D eigenvalue weighted by atomic mass is 9.77. The van der Waals surface area contributed by atoms with Crippen LogP contribution in [0.3, 0.4) is 0 Å². The van der Waals surface area contributed by atoms with Gasteiger partial charge in [0, 0.05) is 48.0 Å². The Kier molecular flexibility index (Phi) is 11.8. The molecule has 2 atom stereocenters. The van der Waals surface area contributed by atoms with Gasteiger partial charge in [0.2, 0.25) is 0 Å². The number of nitrogens with zero attached hydrogens (tertiary/aromatic N) is 3. The van der Waals surface area contributed by atoms with Gasteiger partial charge in [0.15, 0.2) is 0 Å². The molecule has 4 aromatic rings. The fraction of sp³-hybridized carbons (Fsp3) is 0.410. The molecule has 4 rings (SSSR count). The summed E-state index contributed by atoms with van der Waals surface area (Å²) in [6, 6.07) is 13.7. The first-order valence-electron chi connectivity index (χ1n) is 16.5. The molecule has 0 radical (unpaired) electrons. The molecule has 0 aliphatic rings. The second kappa shape index (κ2) is 15.6. The zero-order chi connectivity index (χ0) is 35.1. The summed E-state index contributed by atoms with van der Waals surface area (Å²) in [5.41, 5.74) is 21.3. The zero-order valence-corrected chi connectivity index (χ0v) is 29.2. The van der Waals surface area contributed by atoms with Crippen molar-refractivity contribution < 1.29 is 19.1 Å². The average Bonchev–Trinajstić information content (AvgIpc) is 3.04. The Balaban J connectivity index is 1.70. The van der Waals surface area contributed by atoms with E-state index in [0.717, 1.165) is 50.1 Å². The van der Waals surface area contributed by atoms with Crippen molar-refractivity contribution in [3.8, 4) is 22.3 Å². The predicted molar refractivity (Wildman–Crippen MR) is 189 cm³/mol. The molecule has 9 nitrogen and oxygen atoms in total. The third-order valence-electron chi connectivity index (χ3n) is 8.47. The van der Waals surface area contributed by atoms with Gasteiger partial charge in [0.25, 0.3) is 0 Å². The van der Waals surface area contributed by atoms with Crippen LogP contribution in [0.15, 0.2) is 73.6 Å². The monoisotopic (exact) mass is 651 g/mol. The summed E-state index contributed by atoms with van der Waals surface area (Å²) in [7, 11) is 0. The number of nitrogens with two attached hydrogens (primary N) is 2. The van der Waals surface area contributed by atoms with E-state index in [9.17, 15) is 9.59 Å². The number of aromatic nitrogens is 3. The highest BCUT2D eigenvalue weighted by molar-refractivity contribution is 5.72. The van der Waals surface area contributed by atoms with Gasteiger partial charge in [0.1, 0.15) is 6.33 Å². The summed E-state index contributed by atoms with van der Waals surface area (Å²) in [4.78, 5) is 37.6. The Morgan fingerprint density at radius 2 is 1.15 bits per heavy atom. The Labute approximate surface area is 284 Å². The summed E-state index contributed by atoms with van der Waals surface area (Å²) >= 11 is 0. The standard InChI is InChI=1S/C39H49N5O4/c1-8-47-36(45)17-34(40)28-11-26(13-32(15-28)38(3,4)5)30-10-25(20-42-21-30)19-39(6,7)33-14-27(31-22-43-24-44-23-31)12-29(16-33)35(41)18-37(46)48-9-2/h10-16,20-24,34-35H,8-9,17-19,40-41H2,1-7H3/t34-,35-/m0/s1. The van der Waals surface area contributed by atoms with E-state index in [1.807, 2.05) is 24.5 Å². The largest absolute Gasteiger partial charge is 0.466 e. The van der Waals surface area contributed by atoms with Gasteiger partial charge in [0.05, 0.1) is 26.1 Å². The first-order valence-corrected chi connectivity index (χ1v) is 16.5. The van der Waals surface area contributed by atoms with Crippen LogP contribution in [0.2, 0.25) is 0 Å². The van der Waals surface area contributed by atoms with E-state index in [2.05, 4.69) is 79.9 Å². The summed E-state index contributed by atoms with van der Waals surface area (Å²) in [6.45, 7) is 15.1. The van der Waals surface area contributed by atoms with Crippen molar-refractivity contribution in [2.24, 2.45) is 11.5 Å². The van der Waals surface area contributed by atoms with Gasteiger partial charge in [-0.1, -0.05) is 58.9 Å². The predicted octanol–water partition coefficient (Wildman–Crippen LogP) is 6.93. The van der Waals surface area contributed by atoms with Crippen LogP contribution < -0.4 is 11.5 Å². The fourth-order valence-corrected chi connectivity index (χ4v) is 5.73. The number of carbonyl (C=O) groups excluding carboxylic acids is 2. The van der Waals surface area contributed by atoms with Gasteiger partial charge in [-0.05, 0) is 88.2 Å². The lowest BCUT2D eigenvalue weighted by molar-refractivity contribution is -0.144. The minimum absolute atomic E-state index is 0.0769. The van der Waals surface area contributed by atoms with Crippen molar-refractivity contribution in [1.29, 1.82) is 0 Å². The van der Waals surface area contributed by atoms with Crippen LogP contribution in [0.25, 0.3) is 22.3 Å². The number of ether oxygens (including phenoxy) is 2. The van der Waals surface area contributed by atoms with E-state index < -0.39 is 12.1 Å². The molecular weight excluding hydrogens is 602 g/mol. The molecule has 254 valence electrons. The molecule has 0 aliphatic carbocycles. The lowest BCUT2D eigenvalue weighted by Gasteiger charge is -2.28. The molecule has 2 aromatic carbocycles. The van der Waals surface area contributed by atoms with Gasteiger partial charge < -0.3 is 20.9 Å². The van der Waals surface area contributed by atoms with E-state index in [4.69, 9.17) is 20.9 Å². The van der Waals surface area contributed by atoms with Crippen LogP contribution in [0.5, 0.6) is 0 Å². The third kappa shape index (κ3) is 9.55. The molecule has 2 aromatic heterocycles. The van der Waals surface area contributed by atoms with E-state index in [-0.39, 0.29) is 35.6 Å². The molecular formula is C39H49N5O4. The van der Waals surface area contributed by atoms with Gasteiger partial charge in [-0.15, -0.1) is 0 Å². The summed E-state index contributed by atoms with van der Waals surface area (Å²) in [5.74, 6) is -0.643. The lowest BCUT2D eigenvalue weighted by Crippen LogP contribution is -2.23. The summed E-state index contributed by atoms with van der Waals surface area (Å²) < 4.78 is 10.3. The molecule has 0 bridgehead atoms. The van der Waals surface area contributed by atoms with Crippen molar-refractivity contribution in [1.82, 2.24) is 15.0 Å². The second-order valence-corrected chi connectivity index (χ2v) is 13.9. The smallest absolute Gasteiger partial charge is 0.307 e. The van der Waals surface area contributed by atoms with Crippen molar-refractivity contribution in [3.63, 3.8) is 0 Å². The topological polar surface area (TPSA) is 143 Å². The molecule has 2 heterocycles. The second-order valence-electron chi connectivity index (χ2n) is 13.9. The number of benzene rings is 2. The number of pyridine rings is 1. The highest BCUT2D eigenvalue weighted by atomic mass is 16.5. The van der Waals surface area contributed by atoms with Crippen molar-refractivity contribution in [3.05, 3.63) is 101 Å². The highest BCUT2D eigenvalue weighted by Gasteiger charge is 2.26. The van der Waals surface area contributed by atoms with Crippen molar-refractivity contribution in [2.75, 3.05) is 13.2 Å². The van der Waals surface area contributed by atoms with Crippen LogP contribution in [-0.4, -0.2) is 40.1 Å². The Bertz CT molecular complexity index is 1720. The molecule has 4 N–H and O–H groups in total. The maximum atomic E-state index is 12.3. The normalized spacial score (nSPS) is 13.1. The van der Waals surface area contributed by atoms with Gasteiger partial charge in [-0.25, -0.2) is 9.97 Å². The quantitative estimate of drug-likeness (QED) is 0.147. The maximum Gasteiger partial charge on any atom is 0.307 e. The van der Waals surface area contributed by atoms with Crippen LogP contribution >= 0.6 is 0 Å².